The van der Waals surface area contributed by atoms with E-state index in [1.165, 1.54) is 17.2 Å². The molecule has 0 fully saturated rings. The summed E-state index contributed by atoms with van der Waals surface area (Å²) in [6, 6.07) is 13.6. The van der Waals surface area contributed by atoms with E-state index in [2.05, 4.69) is 39.7 Å². The molecule has 1 aliphatic carbocycles. The van der Waals surface area contributed by atoms with Gasteiger partial charge in [-0.25, -0.2) is 13.9 Å². The van der Waals surface area contributed by atoms with Gasteiger partial charge in [-0.15, -0.1) is 0 Å². The van der Waals surface area contributed by atoms with Crippen molar-refractivity contribution in [2.75, 3.05) is 0 Å². The van der Waals surface area contributed by atoms with Gasteiger partial charge in [0.25, 0.3) is 0 Å². The van der Waals surface area contributed by atoms with Crippen molar-refractivity contribution < 1.29 is 4.39 Å². The highest BCUT2D eigenvalue weighted by Gasteiger charge is 2.22. The molecule has 5 rings (SSSR count). The van der Waals surface area contributed by atoms with Crippen LogP contribution in [0.2, 0.25) is 5.02 Å². The Kier molecular flexibility index (Phi) is 4.57. The third-order valence-electron chi connectivity index (χ3n) is 5.77. The van der Waals surface area contributed by atoms with Crippen LogP contribution >= 0.6 is 11.6 Å². The van der Waals surface area contributed by atoms with Crippen LogP contribution < -0.4 is 5.32 Å². The van der Waals surface area contributed by atoms with E-state index in [0.29, 0.717) is 34.4 Å². The zero-order valence-electron chi connectivity index (χ0n) is 16.0. The Balaban J connectivity index is 1.45. The van der Waals surface area contributed by atoms with Gasteiger partial charge in [-0.1, -0.05) is 41.9 Å². The molecule has 0 saturated carbocycles. The molecule has 4 nitrogen and oxygen atoms in total. The van der Waals surface area contributed by atoms with E-state index in [1.54, 1.807) is 22.8 Å². The summed E-state index contributed by atoms with van der Waals surface area (Å²) in [4.78, 5) is 4.59. The molecule has 2 aromatic carbocycles. The first-order valence-corrected chi connectivity index (χ1v) is 10.1. The summed E-state index contributed by atoms with van der Waals surface area (Å²) < 4.78 is 16.1. The second-order valence-corrected chi connectivity index (χ2v) is 7.84. The van der Waals surface area contributed by atoms with Gasteiger partial charge in [0.2, 0.25) is 0 Å². The molecular weight excluding hydrogens is 387 g/mol. The number of fused-ring (bicyclic) bond motifs is 2. The highest BCUT2D eigenvalue weighted by molar-refractivity contribution is 6.33. The van der Waals surface area contributed by atoms with Gasteiger partial charge in [0.05, 0.1) is 16.8 Å². The lowest BCUT2D eigenvalue weighted by Gasteiger charge is -2.15. The summed E-state index contributed by atoms with van der Waals surface area (Å²) >= 11 is 6.24. The Morgan fingerprint density at radius 1 is 1.17 bits per heavy atom. The lowest BCUT2D eigenvalue weighted by molar-refractivity contribution is 0.527. The lowest BCUT2D eigenvalue weighted by atomic mass is 10.1. The summed E-state index contributed by atoms with van der Waals surface area (Å²) in [7, 11) is 0. The zero-order chi connectivity index (χ0) is 20.0. The van der Waals surface area contributed by atoms with Crippen LogP contribution in [0.3, 0.4) is 0 Å². The van der Waals surface area contributed by atoms with Gasteiger partial charge in [-0.3, -0.25) is 0 Å². The maximum absolute atomic E-state index is 14.4. The molecule has 0 spiro atoms. The van der Waals surface area contributed by atoms with Crippen molar-refractivity contribution in [3.63, 3.8) is 0 Å². The van der Waals surface area contributed by atoms with Crippen molar-refractivity contribution in [3.05, 3.63) is 88.1 Å². The number of aryl methyl sites for hydroxylation is 2. The van der Waals surface area contributed by atoms with Crippen LogP contribution in [0.4, 0.5) is 4.39 Å². The maximum Gasteiger partial charge on any atom is 0.163 e. The van der Waals surface area contributed by atoms with Crippen LogP contribution in [0.15, 0.2) is 54.9 Å². The zero-order valence-corrected chi connectivity index (χ0v) is 16.7. The SMILES string of the molecule is Cc1c(CN[C@H]2CCc3ccccc32)cnc2c(-c3c(F)cccc3Cl)cnn12. The second-order valence-electron chi connectivity index (χ2n) is 7.43. The van der Waals surface area contributed by atoms with Crippen LogP contribution in [0.1, 0.15) is 34.8 Å². The normalized spacial score (nSPS) is 15.8. The molecule has 2 heterocycles. The standard InChI is InChI=1S/C23H20ClFN4/c1-14-16(11-26-21-10-9-15-5-2-3-6-17(15)21)12-27-23-18(13-28-29(14)23)22-19(24)7-4-8-20(22)25/h2-8,12-13,21,26H,9-11H2,1H3/t21-/m0/s1. The minimum Gasteiger partial charge on any atom is -0.306 e. The van der Waals surface area contributed by atoms with E-state index < -0.39 is 0 Å². The summed E-state index contributed by atoms with van der Waals surface area (Å²) in [5, 5.41) is 8.46. The van der Waals surface area contributed by atoms with Crippen LogP contribution in [0, 0.1) is 12.7 Å². The predicted octanol–water partition coefficient (Wildman–Crippen LogP) is 5.27. The third-order valence-corrected chi connectivity index (χ3v) is 6.09. The lowest BCUT2D eigenvalue weighted by Crippen LogP contribution is -2.20. The van der Waals surface area contributed by atoms with E-state index in [1.807, 2.05) is 13.1 Å². The fourth-order valence-electron chi connectivity index (χ4n) is 4.19. The van der Waals surface area contributed by atoms with Crippen LogP contribution in [-0.2, 0) is 13.0 Å². The summed E-state index contributed by atoms with van der Waals surface area (Å²) in [5.74, 6) is -0.377. The van der Waals surface area contributed by atoms with Crippen molar-refractivity contribution in [1.82, 2.24) is 19.9 Å². The fourth-order valence-corrected chi connectivity index (χ4v) is 4.45. The van der Waals surface area contributed by atoms with Gasteiger partial charge in [0.15, 0.2) is 5.65 Å². The van der Waals surface area contributed by atoms with Crippen LogP contribution in [0.25, 0.3) is 16.8 Å². The Bertz CT molecular complexity index is 1200. The minimum atomic E-state index is -0.377. The Labute approximate surface area is 173 Å². The first-order valence-electron chi connectivity index (χ1n) is 9.71. The Morgan fingerprint density at radius 3 is 2.90 bits per heavy atom. The highest BCUT2D eigenvalue weighted by Crippen LogP contribution is 2.34. The van der Waals surface area contributed by atoms with Crippen molar-refractivity contribution in [2.45, 2.75) is 32.4 Å². The van der Waals surface area contributed by atoms with Gasteiger partial charge >= 0.3 is 0 Å². The molecule has 0 unspecified atom stereocenters. The molecule has 29 heavy (non-hydrogen) atoms. The van der Waals surface area contributed by atoms with E-state index in [4.69, 9.17) is 11.6 Å². The number of hydrogen-bond donors (Lipinski definition) is 1. The number of hydrogen-bond acceptors (Lipinski definition) is 3. The van der Waals surface area contributed by atoms with E-state index in [-0.39, 0.29) is 5.82 Å². The van der Waals surface area contributed by atoms with Gasteiger partial charge in [-0.2, -0.15) is 5.10 Å². The molecule has 1 aliphatic rings. The highest BCUT2D eigenvalue weighted by atomic mass is 35.5. The molecule has 0 saturated heterocycles. The largest absolute Gasteiger partial charge is 0.306 e. The number of benzene rings is 2. The third kappa shape index (κ3) is 3.11. The molecule has 4 aromatic rings. The molecular formula is C23H20ClFN4. The first-order chi connectivity index (χ1) is 14.1. The molecule has 146 valence electrons. The van der Waals surface area contributed by atoms with E-state index >= 15 is 0 Å². The molecule has 0 aliphatic heterocycles. The number of rotatable bonds is 4. The summed E-state index contributed by atoms with van der Waals surface area (Å²) in [5.41, 5.74) is 6.39. The van der Waals surface area contributed by atoms with E-state index in [9.17, 15) is 4.39 Å². The van der Waals surface area contributed by atoms with Crippen molar-refractivity contribution in [1.29, 1.82) is 0 Å². The van der Waals surface area contributed by atoms with Gasteiger partial charge in [-0.05, 0) is 43.0 Å². The fraction of sp³-hybridized carbons (Fsp3) is 0.217. The second kappa shape index (κ2) is 7.25. The minimum absolute atomic E-state index is 0.338. The molecule has 0 radical (unpaired) electrons. The van der Waals surface area contributed by atoms with Gasteiger partial charge < -0.3 is 5.32 Å². The number of nitrogens with zero attached hydrogens (tertiary/aromatic N) is 3. The predicted molar refractivity (Wildman–Crippen MR) is 112 cm³/mol. The topological polar surface area (TPSA) is 42.2 Å². The van der Waals surface area contributed by atoms with Crippen molar-refractivity contribution in [3.8, 4) is 11.1 Å². The van der Waals surface area contributed by atoms with Crippen molar-refractivity contribution >= 4 is 17.2 Å². The molecule has 0 amide bonds. The smallest absolute Gasteiger partial charge is 0.163 e. The Hall–Kier alpha value is -2.76. The number of halogens is 2. The van der Waals surface area contributed by atoms with E-state index in [0.717, 1.165) is 24.1 Å². The Morgan fingerprint density at radius 2 is 2.03 bits per heavy atom. The molecule has 6 heteroatoms. The summed E-state index contributed by atoms with van der Waals surface area (Å²) in [6.45, 7) is 2.71. The first kappa shape index (κ1) is 18.3. The molecule has 0 bridgehead atoms. The number of nitrogens with one attached hydrogen (secondary N) is 1. The van der Waals surface area contributed by atoms with Crippen LogP contribution in [-0.4, -0.2) is 14.6 Å². The number of aromatic nitrogens is 3. The van der Waals surface area contributed by atoms with Crippen molar-refractivity contribution in [2.24, 2.45) is 0 Å². The maximum atomic E-state index is 14.4. The quantitative estimate of drug-likeness (QED) is 0.501. The van der Waals surface area contributed by atoms with Gasteiger partial charge in [0, 0.05) is 35.6 Å². The molecule has 1 N–H and O–H groups in total. The van der Waals surface area contributed by atoms with Crippen LogP contribution in [0.5, 0.6) is 0 Å². The van der Waals surface area contributed by atoms with Gasteiger partial charge in [0.1, 0.15) is 5.82 Å². The summed E-state index contributed by atoms with van der Waals surface area (Å²) in [6.07, 6.45) is 5.68. The average Bonchev–Trinajstić information content (AvgIpc) is 3.32. The average molecular weight is 407 g/mol. The molecule has 1 atom stereocenters. The monoisotopic (exact) mass is 406 g/mol. The molecule has 2 aromatic heterocycles.